The van der Waals surface area contributed by atoms with Crippen molar-refractivity contribution in [3.8, 4) is 0 Å². The molecule has 0 aliphatic heterocycles. The van der Waals surface area contributed by atoms with Crippen molar-refractivity contribution in [2.45, 2.75) is 13.0 Å². The molecule has 0 aliphatic carbocycles. The van der Waals surface area contributed by atoms with Gasteiger partial charge < -0.3 is 15.3 Å². The van der Waals surface area contributed by atoms with Gasteiger partial charge in [-0.25, -0.2) is 0 Å². The quantitative estimate of drug-likeness (QED) is 0.846. The Morgan fingerprint density at radius 1 is 1.56 bits per heavy atom. The van der Waals surface area contributed by atoms with Crippen LogP contribution in [0.5, 0.6) is 0 Å². The first kappa shape index (κ1) is 15.1. The van der Waals surface area contributed by atoms with Crippen LogP contribution in [0.4, 0.5) is 0 Å². The second kappa shape index (κ2) is 6.86. The lowest BCUT2D eigenvalue weighted by Gasteiger charge is -2.17. The highest BCUT2D eigenvalue weighted by Gasteiger charge is 2.17. The summed E-state index contributed by atoms with van der Waals surface area (Å²) in [4.78, 5) is 25.4. The van der Waals surface area contributed by atoms with Gasteiger partial charge in [0.1, 0.15) is 0 Å². The van der Waals surface area contributed by atoms with Gasteiger partial charge in [-0.3, -0.25) is 9.59 Å². The largest absolute Gasteiger partial charge is 0.394 e. The van der Waals surface area contributed by atoms with E-state index in [-0.39, 0.29) is 31.0 Å². The van der Waals surface area contributed by atoms with E-state index in [0.29, 0.717) is 4.88 Å². The number of halogens is 1. The highest BCUT2D eigenvalue weighted by atomic mass is 79.9. The average Bonchev–Trinajstić information content (AvgIpc) is 2.74. The van der Waals surface area contributed by atoms with E-state index in [2.05, 4.69) is 21.2 Å². The van der Waals surface area contributed by atoms with Gasteiger partial charge in [0, 0.05) is 13.1 Å². The Morgan fingerprint density at radius 2 is 2.22 bits per heavy atom. The molecule has 0 saturated heterocycles. The Kier molecular flexibility index (Phi) is 5.77. The van der Waals surface area contributed by atoms with Gasteiger partial charge in [-0.15, -0.1) is 11.3 Å². The van der Waals surface area contributed by atoms with Crippen molar-refractivity contribution in [3.05, 3.63) is 20.8 Å². The third-order valence-electron chi connectivity index (χ3n) is 2.19. The number of nitrogens with one attached hydrogen (secondary N) is 1. The summed E-state index contributed by atoms with van der Waals surface area (Å²) < 4.78 is 0.873. The van der Waals surface area contributed by atoms with Crippen LogP contribution in [0.25, 0.3) is 0 Å². The summed E-state index contributed by atoms with van der Waals surface area (Å²) >= 11 is 4.61. The Labute approximate surface area is 118 Å². The summed E-state index contributed by atoms with van der Waals surface area (Å²) in [7, 11) is 1.57. The summed E-state index contributed by atoms with van der Waals surface area (Å²) in [5.41, 5.74) is 0. The first-order valence-corrected chi connectivity index (χ1v) is 6.96. The maximum atomic E-state index is 11.9. The highest BCUT2D eigenvalue weighted by molar-refractivity contribution is 9.11. The second-order valence-electron chi connectivity index (χ2n) is 3.92. The van der Waals surface area contributed by atoms with E-state index >= 15 is 0 Å². The number of aliphatic hydroxyl groups is 1. The fourth-order valence-electron chi connectivity index (χ4n) is 1.27. The fraction of sp³-hybridized carbons (Fsp3) is 0.455. The molecule has 1 heterocycles. The zero-order valence-corrected chi connectivity index (χ0v) is 12.5. The van der Waals surface area contributed by atoms with Crippen LogP contribution in [0.2, 0.25) is 0 Å². The summed E-state index contributed by atoms with van der Waals surface area (Å²) in [5, 5.41) is 11.4. The van der Waals surface area contributed by atoms with E-state index in [1.807, 2.05) is 0 Å². The highest BCUT2D eigenvalue weighted by Crippen LogP contribution is 2.22. The molecule has 18 heavy (non-hydrogen) atoms. The van der Waals surface area contributed by atoms with E-state index in [9.17, 15) is 9.59 Å². The zero-order valence-electron chi connectivity index (χ0n) is 10.1. The van der Waals surface area contributed by atoms with Crippen molar-refractivity contribution in [1.29, 1.82) is 0 Å². The lowest BCUT2D eigenvalue weighted by molar-refractivity contribution is -0.122. The molecule has 1 atom stereocenters. The SMILES string of the molecule is CC(CO)NC(=O)CN(C)C(=O)c1ccc(Br)s1. The fourth-order valence-corrected chi connectivity index (χ4v) is 2.65. The maximum Gasteiger partial charge on any atom is 0.264 e. The Balaban J connectivity index is 2.52. The van der Waals surface area contributed by atoms with Crippen molar-refractivity contribution in [2.24, 2.45) is 0 Å². The van der Waals surface area contributed by atoms with Gasteiger partial charge in [0.25, 0.3) is 5.91 Å². The molecule has 2 N–H and O–H groups in total. The Morgan fingerprint density at radius 3 is 2.72 bits per heavy atom. The standard InChI is InChI=1S/C11H15BrN2O3S/c1-7(6-15)13-10(16)5-14(2)11(17)8-3-4-9(12)18-8/h3-4,7,15H,5-6H2,1-2H3,(H,13,16). The first-order valence-electron chi connectivity index (χ1n) is 5.35. The van der Waals surface area contributed by atoms with Crippen LogP contribution in [-0.4, -0.2) is 48.1 Å². The molecule has 2 amide bonds. The molecule has 5 nitrogen and oxygen atoms in total. The molecule has 1 unspecified atom stereocenters. The van der Waals surface area contributed by atoms with Crippen molar-refractivity contribution in [3.63, 3.8) is 0 Å². The molecule has 1 aromatic heterocycles. The maximum absolute atomic E-state index is 11.9. The molecule has 0 aliphatic rings. The molecule has 0 fully saturated rings. The zero-order chi connectivity index (χ0) is 13.7. The lowest BCUT2D eigenvalue weighted by atomic mass is 10.3. The third kappa shape index (κ3) is 4.40. The second-order valence-corrected chi connectivity index (χ2v) is 6.38. The molecule has 0 radical (unpaired) electrons. The molecule has 7 heteroatoms. The molecule has 100 valence electrons. The molecule has 0 aromatic carbocycles. The number of carbonyl (C=O) groups is 2. The van der Waals surface area contributed by atoms with Gasteiger partial charge in [0.15, 0.2) is 0 Å². The Hall–Kier alpha value is -0.920. The third-order valence-corrected chi connectivity index (χ3v) is 3.80. The number of carbonyl (C=O) groups excluding carboxylic acids is 2. The molecule has 1 rings (SSSR count). The molecular weight excluding hydrogens is 320 g/mol. The van der Waals surface area contributed by atoms with Gasteiger partial charge in [-0.2, -0.15) is 0 Å². The van der Waals surface area contributed by atoms with Crippen LogP contribution in [0, 0.1) is 0 Å². The number of aliphatic hydroxyl groups excluding tert-OH is 1. The van der Waals surface area contributed by atoms with Crippen LogP contribution in [0.3, 0.4) is 0 Å². The van der Waals surface area contributed by atoms with Crippen LogP contribution >= 0.6 is 27.3 Å². The topological polar surface area (TPSA) is 69.6 Å². The summed E-state index contributed by atoms with van der Waals surface area (Å²) in [6, 6.07) is 3.19. The van der Waals surface area contributed by atoms with Crippen molar-refractivity contribution in [2.75, 3.05) is 20.2 Å². The molecule has 0 spiro atoms. The predicted octanol–water partition coefficient (Wildman–Crippen LogP) is 1.08. The average molecular weight is 335 g/mol. The van der Waals surface area contributed by atoms with E-state index in [4.69, 9.17) is 5.11 Å². The van der Waals surface area contributed by atoms with Crippen LogP contribution in [0.1, 0.15) is 16.6 Å². The number of rotatable bonds is 5. The lowest BCUT2D eigenvalue weighted by Crippen LogP contribution is -2.42. The van der Waals surface area contributed by atoms with Gasteiger partial charge in [-0.05, 0) is 35.0 Å². The molecular formula is C11H15BrN2O3S. The minimum Gasteiger partial charge on any atom is -0.394 e. The van der Waals surface area contributed by atoms with Crippen molar-refractivity contribution < 1.29 is 14.7 Å². The first-order chi connectivity index (χ1) is 8.43. The van der Waals surface area contributed by atoms with Crippen LogP contribution in [0.15, 0.2) is 15.9 Å². The van der Waals surface area contributed by atoms with Gasteiger partial charge in [0.05, 0.1) is 21.8 Å². The molecule has 1 aromatic rings. The number of hydrogen-bond acceptors (Lipinski definition) is 4. The monoisotopic (exact) mass is 334 g/mol. The van der Waals surface area contributed by atoms with Crippen molar-refractivity contribution in [1.82, 2.24) is 10.2 Å². The predicted molar refractivity (Wildman–Crippen MR) is 73.7 cm³/mol. The molecule has 0 saturated carbocycles. The number of nitrogens with zero attached hydrogens (tertiary/aromatic N) is 1. The number of thiophene rings is 1. The summed E-state index contributed by atoms with van der Waals surface area (Å²) in [6.07, 6.45) is 0. The molecule has 0 bridgehead atoms. The van der Waals surface area contributed by atoms with E-state index in [1.165, 1.54) is 16.2 Å². The van der Waals surface area contributed by atoms with Gasteiger partial charge in [0.2, 0.25) is 5.91 Å². The smallest absolute Gasteiger partial charge is 0.264 e. The van der Waals surface area contributed by atoms with E-state index < -0.39 is 0 Å². The minimum atomic E-state index is -0.308. The van der Waals surface area contributed by atoms with E-state index in [0.717, 1.165) is 3.79 Å². The van der Waals surface area contributed by atoms with Crippen LogP contribution in [-0.2, 0) is 4.79 Å². The van der Waals surface area contributed by atoms with Gasteiger partial charge in [-0.1, -0.05) is 0 Å². The number of amides is 2. The van der Waals surface area contributed by atoms with Crippen LogP contribution < -0.4 is 5.32 Å². The van der Waals surface area contributed by atoms with Gasteiger partial charge >= 0.3 is 0 Å². The number of hydrogen-bond donors (Lipinski definition) is 2. The summed E-state index contributed by atoms with van der Waals surface area (Å²) in [6.45, 7) is 1.54. The van der Waals surface area contributed by atoms with E-state index in [1.54, 1.807) is 26.1 Å². The van der Waals surface area contributed by atoms with Crippen molar-refractivity contribution >= 4 is 39.1 Å². The normalized spacial score (nSPS) is 12.0. The Bertz CT molecular complexity index is 436. The summed E-state index contributed by atoms with van der Waals surface area (Å²) in [5.74, 6) is -0.486. The number of likely N-dealkylation sites (N-methyl/N-ethyl adjacent to an activating group) is 1. The minimum absolute atomic E-state index is 0.0291.